The van der Waals surface area contributed by atoms with Crippen molar-refractivity contribution in [2.45, 2.75) is 6.92 Å². The van der Waals surface area contributed by atoms with Gasteiger partial charge in [0.2, 0.25) is 5.88 Å². The lowest BCUT2D eigenvalue weighted by atomic mass is 10.00. The number of nitrogens with two attached hydrogens (primary N) is 1. The molecule has 1 heterocycles. The maximum Gasteiger partial charge on any atom is 0.230 e. The fraction of sp³-hybridized carbons (Fsp3) is 0.0625. The van der Waals surface area contributed by atoms with Crippen molar-refractivity contribution in [3.05, 3.63) is 58.6 Å². The zero-order chi connectivity index (χ0) is 14.1. The molecule has 2 aromatic carbocycles. The minimum atomic E-state index is 0.337. The van der Waals surface area contributed by atoms with Crippen molar-refractivity contribution in [3.63, 3.8) is 0 Å². The molecule has 3 rings (SSSR count). The van der Waals surface area contributed by atoms with Crippen molar-refractivity contribution in [2.24, 2.45) is 0 Å². The first-order chi connectivity index (χ1) is 9.65. The summed E-state index contributed by atoms with van der Waals surface area (Å²) in [5.41, 5.74) is 10.7. The van der Waals surface area contributed by atoms with E-state index in [-0.39, 0.29) is 0 Å². The van der Waals surface area contributed by atoms with Crippen LogP contribution in [0, 0.1) is 6.92 Å². The van der Waals surface area contributed by atoms with Gasteiger partial charge >= 0.3 is 0 Å². The second-order valence-corrected chi connectivity index (χ2v) is 5.57. The number of nitrogens with zero attached hydrogens (tertiary/aromatic N) is 1. The van der Waals surface area contributed by atoms with Crippen LogP contribution in [-0.2, 0) is 0 Å². The van der Waals surface area contributed by atoms with Gasteiger partial charge in [0.25, 0.3) is 0 Å². The monoisotopic (exact) mass is 328 g/mol. The Balaban J connectivity index is 2.21. The lowest BCUT2D eigenvalue weighted by Gasteiger charge is -2.04. The summed E-state index contributed by atoms with van der Waals surface area (Å²) in [6.45, 7) is 2.04. The molecule has 0 unspecified atom stereocenters. The molecule has 0 amide bonds. The van der Waals surface area contributed by atoms with Crippen LogP contribution in [0.2, 0.25) is 0 Å². The molecule has 3 aromatic rings. The maximum atomic E-state index is 5.95. The summed E-state index contributed by atoms with van der Waals surface area (Å²) in [6, 6.07) is 16.0. The molecule has 2 N–H and O–H groups in total. The van der Waals surface area contributed by atoms with Crippen molar-refractivity contribution in [2.75, 3.05) is 5.73 Å². The molecular weight excluding hydrogens is 316 g/mol. The minimum Gasteiger partial charge on any atom is -0.367 e. The van der Waals surface area contributed by atoms with Crippen molar-refractivity contribution in [1.82, 2.24) is 5.16 Å². The van der Waals surface area contributed by atoms with Gasteiger partial charge in [-0.2, -0.15) is 0 Å². The van der Waals surface area contributed by atoms with Crippen LogP contribution in [0.1, 0.15) is 5.56 Å². The maximum absolute atomic E-state index is 5.95. The molecule has 0 radical (unpaired) electrons. The van der Waals surface area contributed by atoms with E-state index in [2.05, 4.69) is 33.2 Å². The van der Waals surface area contributed by atoms with Crippen molar-refractivity contribution in [1.29, 1.82) is 0 Å². The van der Waals surface area contributed by atoms with Gasteiger partial charge in [-0.05, 0) is 36.2 Å². The predicted molar refractivity (Wildman–Crippen MR) is 84.2 cm³/mol. The lowest BCUT2D eigenvalue weighted by molar-refractivity contribution is 0.439. The normalized spacial score (nSPS) is 10.7. The van der Waals surface area contributed by atoms with E-state index < -0.39 is 0 Å². The second kappa shape index (κ2) is 5.13. The number of aryl methyl sites for hydroxylation is 1. The van der Waals surface area contributed by atoms with Crippen LogP contribution >= 0.6 is 15.9 Å². The Hall–Kier alpha value is -2.07. The first-order valence-corrected chi connectivity index (χ1v) is 7.02. The Morgan fingerprint density at radius 3 is 2.50 bits per heavy atom. The molecule has 0 bridgehead atoms. The van der Waals surface area contributed by atoms with Crippen LogP contribution in [0.5, 0.6) is 0 Å². The van der Waals surface area contributed by atoms with Crippen LogP contribution < -0.4 is 5.73 Å². The number of nitrogen functional groups attached to an aromatic ring is 1. The van der Waals surface area contributed by atoms with E-state index >= 15 is 0 Å². The molecule has 0 saturated heterocycles. The highest BCUT2D eigenvalue weighted by molar-refractivity contribution is 9.10. The Labute approximate surface area is 125 Å². The Morgan fingerprint density at radius 2 is 1.80 bits per heavy atom. The van der Waals surface area contributed by atoms with Crippen LogP contribution in [0.25, 0.3) is 22.4 Å². The highest BCUT2D eigenvalue weighted by atomic mass is 79.9. The summed E-state index contributed by atoms with van der Waals surface area (Å²) in [6.07, 6.45) is 0. The molecule has 4 heteroatoms. The number of rotatable bonds is 2. The van der Waals surface area contributed by atoms with Gasteiger partial charge in [0.15, 0.2) is 0 Å². The molecule has 3 nitrogen and oxygen atoms in total. The fourth-order valence-electron chi connectivity index (χ4n) is 2.26. The first-order valence-electron chi connectivity index (χ1n) is 6.23. The van der Waals surface area contributed by atoms with Gasteiger partial charge in [0.1, 0.15) is 5.69 Å². The average molecular weight is 329 g/mol. The third kappa shape index (κ3) is 2.34. The predicted octanol–water partition coefficient (Wildman–Crippen LogP) is 4.66. The molecular formula is C16H13BrN2O. The summed E-state index contributed by atoms with van der Waals surface area (Å²) >= 11 is 3.51. The first kappa shape index (κ1) is 12.9. The van der Waals surface area contributed by atoms with E-state index in [0.717, 1.165) is 32.4 Å². The number of hydrogen-bond acceptors (Lipinski definition) is 3. The second-order valence-electron chi connectivity index (χ2n) is 4.65. The SMILES string of the molecule is Cc1cc(Br)cc(-c2noc(N)c2-c2ccccc2)c1. The van der Waals surface area contributed by atoms with Gasteiger partial charge in [-0.3, -0.25) is 0 Å². The molecule has 0 aliphatic rings. The molecule has 0 atom stereocenters. The molecule has 0 aliphatic heterocycles. The van der Waals surface area contributed by atoms with E-state index in [4.69, 9.17) is 10.3 Å². The smallest absolute Gasteiger partial charge is 0.230 e. The number of hydrogen-bond donors (Lipinski definition) is 1. The van der Waals surface area contributed by atoms with Gasteiger partial charge in [-0.15, -0.1) is 0 Å². The van der Waals surface area contributed by atoms with Crippen LogP contribution in [0.15, 0.2) is 57.5 Å². The average Bonchev–Trinajstić information content (AvgIpc) is 2.80. The molecule has 0 fully saturated rings. The Kier molecular flexibility index (Phi) is 3.32. The highest BCUT2D eigenvalue weighted by Gasteiger charge is 2.17. The van der Waals surface area contributed by atoms with E-state index in [9.17, 15) is 0 Å². The summed E-state index contributed by atoms with van der Waals surface area (Å²) in [5, 5.41) is 4.12. The Morgan fingerprint density at radius 1 is 1.05 bits per heavy atom. The van der Waals surface area contributed by atoms with Gasteiger partial charge < -0.3 is 10.3 Å². The van der Waals surface area contributed by atoms with Crippen molar-refractivity contribution in [3.8, 4) is 22.4 Å². The molecule has 20 heavy (non-hydrogen) atoms. The van der Waals surface area contributed by atoms with Gasteiger partial charge in [-0.25, -0.2) is 0 Å². The number of benzene rings is 2. The van der Waals surface area contributed by atoms with Gasteiger partial charge in [0, 0.05) is 10.0 Å². The zero-order valence-electron chi connectivity index (χ0n) is 10.9. The molecule has 0 spiro atoms. The van der Waals surface area contributed by atoms with Crippen LogP contribution in [0.3, 0.4) is 0 Å². The summed E-state index contributed by atoms with van der Waals surface area (Å²) < 4.78 is 6.20. The third-order valence-corrected chi connectivity index (χ3v) is 3.55. The zero-order valence-corrected chi connectivity index (χ0v) is 12.5. The largest absolute Gasteiger partial charge is 0.367 e. The molecule has 0 aliphatic carbocycles. The quantitative estimate of drug-likeness (QED) is 0.744. The third-order valence-electron chi connectivity index (χ3n) is 3.10. The van der Waals surface area contributed by atoms with Crippen LogP contribution in [0.4, 0.5) is 5.88 Å². The van der Waals surface area contributed by atoms with E-state index in [1.54, 1.807) is 0 Å². The highest BCUT2D eigenvalue weighted by Crippen LogP contribution is 2.37. The lowest BCUT2D eigenvalue weighted by Crippen LogP contribution is -1.88. The number of anilines is 1. The minimum absolute atomic E-state index is 0.337. The van der Waals surface area contributed by atoms with Crippen LogP contribution in [-0.4, -0.2) is 5.16 Å². The van der Waals surface area contributed by atoms with E-state index in [0.29, 0.717) is 5.88 Å². The topological polar surface area (TPSA) is 52.0 Å². The van der Waals surface area contributed by atoms with Gasteiger partial charge in [0.05, 0.1) is 5.56 Å². The molecule has 100 valence electrons. The summed E-state index contributed by atoms with van der Waals surface area (Å²) in [4.78, 5) is 0. The summed E-state index contributed by atoms with van der Waals surface area (Å²) in [7, 11) is 0. The van der Waals surface area contributed by atoms with E-state index in [1.165, 1.54) is 0 Å². The van der Waals surface area contributed by atoms with E-state index in [1.807, 2.05) is 43.3 Å². The van der Waals surface area contributed by atoms with Gasteiger partial charge in [-0.1, -0.05) is 51.4 Å². The Bertz CT molecular complexity index is 730. The van der Waals surface area contributed by atoms with Crippen molar-refractivity contribution >= 4 is 21.8 Å². The summed E-state index contributed by atoms with van der Waals surface area (Å²) in [5.74, 6) is 0.337. The standard InChI is InChI=1S/C16H13BrN2O/c1-10-7-12(9-13(17)8-10)15-14(16(18)20-19-15)11-5-3-2-4-6-11/h2-9H,18H2,1H3. The number of halogens is 1. The number of aromatic nitrogens is 1. The molecule has 1 aromatic heterocycles. The van der Waals surface area contributed by atoms with Crippen molar-refractivity contribution < 1.29 is 4.52 Å². The fourth-order valence-corrected chi connectivity index (χ4v) is 2.86. The molecule has 0 saturated carbocycles.